The Hall–Kier alpha value is -1.21. The van der Waals surface area contributed by atoms with Crippen LogP contribution in [0.2, 0.25) is 0 Å². The molecule has 0 saturated heterocycles. The Kier molecular flexibility index (Phi) is 3.90. The van der Waals surface area contributed by atoms with Crippen molar-refractivity contribution in [2.24, 2.45) is 0 Å². The third-order valence-corrected chi connectivity index (χ3v) is 3.27. The van der Waals surface area contributed by atoms with Crippen LogP contribution in [0.15, 0.2) is 34.2 Å². The molecule has 1 aromatic carbocycles. The zero-order valence-corrected chi connectivity index (χ0v) is 10.8. The largest absolute Gasteiger partial charge is 0.435 e. The fourth-order valence-electron chi connectivity index (χ4n) is 1.15. The highest BCUT2D eigenvalue weighted by molar-refractivity contribution is 9.10. The van der Waals surface area contributed by atoms with E-state index in [0.29, 0.717) is 0 Å². The molecule has 1 heterocycles. The number of halogens is 3. The molecular formula is C10H7BrF2N2OS. The van der Waals surface area contributed by atoms with E-state index < -0.39 is 6.61 Å². The number of rotatable bonds is 4. The summed E-state index contributed by atoms with van der Waals surface area (Å²) in [5, 5.41) is 5.61. The molecule has 0 bridgehead atoms. The summed E-state index contributed by atoms with van der Waals surface area (Å²) in [4.78, 5) is 4.15. The normalized spacial score (nSPS) is 10.6. The van der Waals surface area contributed by atoms with Gasteiger partial charge in [-0.25, -0.2) is 4.98 Å². The Morgan fingerprint density at radius 2 is 2.00 bits per heavy atom. The van der Waals surface area contributed by atoms with Crippen LogP contribution in [0.1, 0.15) is 0 Å². The zero-order chi connectivity index (χ0) is 12.3. The standard InChI is InChI=1S/C10H7BrF2N2OS/c11-8-5-17-10(15-8)14-6-1-3-7(4-2-6)16-9(12)13/h1-5,9H,(H,14,15). The smallest absolute Gasteiger partial charge is 0.387 e. The SMILES string of the molecule is FC(F)Oc1ccc(Nc2nc(Br)cs2)cc1. The molecule has 1 aromatic heterocycles. The first-order valence-corrected chi connectivity index (χ1v) is 6.23. The van der Waals surface area contributed by atoms with E-state index in [1.165, 1.54) is 23.5 Å². The van der Waals surface area contributed by atoms with Gasteiger partial charge in [-0.3, -0.25) is 0 Å². The Labute approximate surface area is 109 Å². The highest BCUT2D eigenvalue weighted by atomic mass is 79.9. The van der Waals surface area contributed by atoms with Gasteiger partial charge in [0, 0.05) is 11.1 Å². The van der Waals surface area contributed by atoms with Crippen molar-refractivity contribution in [3.63, 3.8) is 0 Å². The Balaban J connectivity index is 2.03. The highest BCUT2D eigenvalue weighted by Crippen LogP contribution is 2.25. The Morgan fingerprint density at radius 3 is 2.53 bits per heavy atom. The van der Waals surface area contributed by atoms with Crippen LogP contribution in [0.4, 0.5) is 19.6 Å². The first-order valence-electron chi connectivity index (χ1n) is 4.56. The third-order valence-electron chi connectivity index (χ3n) is 1.81. The lowest BCUT2D eigenvalue weighted by Gasteiger charge is -2.06. The number of aromatic nitrogens is 1. The lowest BCUT2D eigenvalue weighted by molar-refractivity contribution is -0.0498. The van der Waals surface area contributed by atoms with E-state index in [2.05, 4.69) is 31.0 Å². The van der Waals surface area contributed by atoms with E-state index in [1.807, 2.05) is 5.38 Å². The molecule has 0 fully saturated rings. The maximum atomic E-state index is 11.9. The molecule has 0 spiro atoms. The lowest BCUT2D eigenvalue weighted by atomic mass is 10.3. The quantitative estimate of drug-likeness (QED) is 0.914. The first kappa shape index (κ1) is 12.3. The maximum Gasteiger partial charge on any atom is 0.387 e. The summed E-state index contributed by atoms with van der Waals surface area (Å²) in [5.74, 6) is 0.130. The Morgan fingerprint density at radius 1 is 1.29 bits per heavy atom. The summed E-state index contributed by atoms with van der Waals surface area (Å²) in [7, 11) is 0. The summed E-state index contributed by atoms with van der Waals surface area (Å²) < 4.78 is 28.8. The molecule has 2 aromatic rings. The van der Waals surface area contributed by atoms with Gasteiger partial charge in [0.25, 0.3) is 0 Å². The minimum absolute atomic E-state index is 0.130. The molecule has 7 heteroatoms. The molecule has 0 aliphatic heterocycles. The van der Waals surface area contributed by atoms with Gasteiger partial charge in [0.1, 0.15) is 10.4 Å². The van der Waals surface area contributed by atoms with E-state index in [4.69, 9.17) is 0 Å². The van der Waals surface area contributed by atoms with E-state index >= 15 is 0 Å². The van der Waals surface area contributed by atoms with Crippen molar-refractivity contribution >= 4 is 38.1 Å². The van der Waals surface area contributed by atoms with Crippen molar-refractivity contribution < 1.29 is 13.5 Å². The van der Waals surface area contributed by atoms with Crippen molar-refractivity contribution in [1.82, 2.24) is 4.98 Å². The van der Waals surface area contributed by atoms with Crippen LogP contribution in [0, 0.1) is 0 Å². The van der Waals surface area contributed by atoms with Gasteiger partial charge < -0.3 is 10.1 Å². The van der Waals surface area contributed by atoms with Crippen LogP contribution in [0.3, 0.4) is 0 Å². The Bertz CT molecular complexity index is 489. The molecule has 0 saturated carbocycles. The number of alkyl halides is 2. The van der Waals surface area contributed by atoms with Gasteiger partial charge in [0.2, 0.25) is 0 Å². The summed E-state index contributed by atoms with van der Waals surface area (Å²) in [6.07, 6.45) is 0. The molecule has 0 aliphatic rings. The van der Waals surface area contributed by atoms with Crippen LogP contribution in [-0.2, 0) is 0 Å². The van der Waals surface area contributed by atoms with E-state index in [-0.39, 0.29) is 5.75 Å². The number of nitrogens with one attached hydrogen (secondary N) is 1. The zero-order valence-electron chi connectivity index (χ0n) is 8.36. The fourth-order valence-corrected chi connectivity index (χ4v) is 2.32. The van der Waals surface area contributed by atoms with Crippen molar-refractivity contribution in [2.75, 3.05) is 5.32 Å². The van der Waals surface area contributed by atoms with E-state index in [0.717, 1.165) is 15.4 Å². The summed E-state index contributed by atoms with van der Waals surface area (Å²) in [5.41, 5.74) is 0.758. The van der Waals surface area contributed by atoms with Crippen LogP contribution in [-0.4, -0.2) is 11.6 Å². The van der Waals surface area contributed by atoms with Gasteiger partial charge >= 0.3 is 6.61 Å². The second-order valence-electron chi connectivity index (χ2n) is 3.00. The third kappa shape index (κ3) is 3.64. The summed E-state index contributed by atoms with van der Waals surface area (Å²) in [6.45, 7) is -2.80. The number of ether oxygens (including phenoxy) is 1. The monoisotopic (exact) mass is 320 g/mol. The van der Waals surface area contributed by atoms with Crippen molar-refractivity contribution in [2.45, 2.75) is 6.61 Å². The molecule has 1 N–H and O–H groups in total. The predicted octanol–water partition coefficient (Wildman–Crippen LogP) is 4.25. The second-order valence-corrected chi connectivity index (χ2v) is 4.67. The average molecular weight is 321 g/mol. The minimum Gasteiger partial charge on any atom is -0.435 e. The molecule has 0 unspecified atom stereocenters. The summed E-state index contributed by atoms with van der Waals surface area (Å²) >= 11 is 4.68. The summed E-state index contributed by atoms with van der Waals surface area (Å²) in [6, 6.07) is 6.23. The number of hydrogen-bond acceptors (Lipinski definition) is 4. The molecule has 0 atom stereocenters. The van der Waals surface area contributed by atoms with Gasteiger partial charge in [0.05, 0.1) is 0 Å². The van der Waals surface area contributed by atoms with Crippen molar-refractivity contribution in [1.29, 1.82) is 0 Å². The second kappa shape index (κ2) is 5.42. The maximum absolute atomic E-state index is 11.9. The highest BCUT2D eigenvalue weighted by Gasteiger charge is 2.04. The van der Waals surface area contributed by atoms with E-state index in [9.17, 15) is 8.78 Å². The van der Waals surface area contributed by atoms with Gasteiger partial charge in [-0.05, 0) is 40.2 Å². The minimum atomic E-state index is -2.80. The van der Waals surface area contributed by atoms with Crippen LogP contribution in [0.25, 0.3) is 0 Å². The number of anilines is 2. The average Bonchev–Trinajstić information content (AvgIpc) is 2.66. The molecule has 3 nitrogen and oxygen atoms in total. The number of benzene rings is 1. The van der Waals surface area contributed by atoms with Gasteiger partial charge in [-0.1, -0.05) is 0 Å². The molecule has 17 heavy (non-hydrogen) atoms. The number of nitrogens with zero attached hydrogens (tertiary/aromatic N) is 1. The molecular weight excluding hydrogens is 314 g/mol. The predicted molar refractivity (Wildman–Crippen MR) is 66.2 cm³/mol. The molecule has 0 aliphatic carbocycles. The fraction of sp³-hybridized carbons (Fsp3) is 0.100. The lowest BCUT2D eigenvalue weighted by Crippen LogP contribution is -2.01. The first-order chi connectivity index (χ1) is 8.13. The molecule has 0 radical (unpaired) electrons. The number of thiazole rings is 1. The van der Waals surface area contributed by atoms with Gasteiger partial charge in [0.15, 0.2) is 5.13 Å². The van der Waals surface area contributed by atoms with Crippen molar-refractivity contribution in [3.8, 4) is 5.75 Å². The van der Waals surface area contributed by atoms with Crippen molar-refractivity contribution in [3.05, 3.63) is 34.2 Å². The van der Waals surface area contributed by atoms with Crippen LogP contribution in [0.5, 0.6) is 5.75 Å². The van der Waals surface area contributed by atoms with Gasteiger partial charge in [-0.15, -0.1) is 11.3 Å². The van der Waals surface area contributed by atoms with Crippen LogP contribution >= 0.6 is 27.3 Å². The topological polar surface area (TPSA) is 34.1 Å². The van der Waals surface area contributed by atoms with Gasteiger partial charge in [-0.2, -0.15) is 8.78 Å². The molecule has 0 amide bonds. The van der Waals surface area contributed by atoms with Crippen LogP contribution < -0.4 is 10.1 Å². The number of hydrogen-bond donors (Lipinski definition) is 1. The molecule has 2 rings (SSSR count). The molecule has 90 valence electrons. The van der Waals surface area contributed by atoms with E-state index in [1.54, 1.807) is 12.1 Å².